The van der Waals surface area contributed by atoms with E-state index in [0.717, 1.165) is 44.0 Å². The van der Waals surface area contributed by atoms with Crippen molar-refractivity contribution >= 4 is 17.8 Å². The lowest BCUT2D eigenvalue weighted by Gasteiger charge is -2.36. The lowest BCUT2D eigenvalue weighted by atomic mass is 10.1. The van der Waals surface area contributed by atoms with Crippen molar-refractivity contribution in [3.8, 4) is 5.75 Å². The maximum Gasteiger partial charge on any atom is 0.271 e. The maximum atomic E-state index is 12.4. The summed E-state index contributed by atoms with van der Waals surface area (Å²) in [6.45, 7) is 9.91. The first-order chi connectivity index (χ1) is 17.1. The first kappa shape index (κ1) is 24.5. The number of anilines is 1. The van der Waals surface area contributed by atoms with Crippen LogP contribution in [0.3, 0.4) is 0 Å². The van der Waals surface area contributed by atoms with E-state index in [1.807, 2.05) is 48.5 Å². The molecule has 3 aromatic carbocycles. The summed E-state index contributed by atoms with van der Waals surface area (Å²) in [6, 6.07) is 26.0. The van der Waals surface area contributed by atoms with Crippen molar-refractivity contribution in [2.75, 3.05) is 37.7 Å². The lowest BCUT2D eigenvalue weighted by molar-refractivity contribution is 0.0955. The Morgan fingerprint density at radius 2 is 1.63 bits per heavy atom. The summed E-state index contributed by atoms with van der Waals surface area (Å²) in [5.74, 6) is 1.09. The molecule has 0 saturated carbocycles. The van der Waals surface area contributed by atoms with Gasteiger partial charge in [0.25, 0.3) is 5.91 Å². The average molecular weight is 471 g/mol. The molecule has 3 aromatic rings. The minimum Gasteiger partial charge on any atom is -0.493 e. The van der Waals surface area contributed by atoms with Crippen LogP contribution in [0.4, 0.5) is 5.69 Å². The number of hydrazone groups is 1. The number of hydrogen-bond donors (Lipinski definition) is 1. The Kier molecular flexibility index (Phi) is 8.52. The van der Waals surface area contributed by atoms with Crippen LogP contribution in [0, 0.1) is 5.92 Å². The number of para-hydroxylation sites is 1. The molecule has 1 N–H and O–H groups in total. The molecule has 0 atom stereocenters. The molecule has 182 valence electrons. The van der Waals surface area contributed by atoms with Crippen molar-refractivity contribution in [2.24, 2.45) is 11.0 Å². The SMILES string of the molecule is CC(C)COc1ccc(/C=N\NC(=O)c2ccc(CN3CCN(c4ccccc4)CC3)cc2)cc1. The third kappa shape index (κ3) is 7.42. The summed E-state index contributed by atoms with van der Waals surface area (Å²) in [5.41, 5.74) is 6.59. The summed E-state index contributed by atoms with van der Waals surface area (Å²) >= 11 is 0. The number of rotatable bonds is 9. The Bertz CT molecular complexity index is 1090. The lowest BCUT2D eigenvalue weighted by Crippen LogP contribution is -2.45. The normalized spacial score (nSPS) is 14.4. The highest BCUT2D eigenvalue weighted by Gasteiger charge is 2.17. The largest absolute Gasteiger partial charge is 0.493 e. The monoisotopic (exact) mass is 470 g/mol. The number of nitrogens with one attached hydrogen (secondary N) is 1. The van der Waals surface area contributed by atoms with Gasteiger partial charge in [-0.05, 0) is 65.6 Å². The van der Waals surface area contributed by atoms with Gasteiger partial charge < -0.3 is 9.64 Å². The number of nitrogens with zero attached hydrogens (tertiary/aromatic N) is 3. The number of ether oxygens (including phenoxy) is 1. The molecule has 0 unspecified atom stereocenters. The molecule has 6 nitrogen and oxygen atoms in total. The molecule has 1 aliphatic rings. The predicted molar refractivity (Wildman–Crippen MR) is 142 cm³/mol. The summed E-state index contributed by atoms with van der Waals surface area (Å²) in [7, 11) is 0. The minimum absolute atomic E-state index is 0.221. The van der Waals surface area contributed by atoms with Gasteiger partial charge in [0.2, 0.25) is 0 Å². The van der Waals surface area contributed by atoms with E-state index < -0.39 is 0 Å². The van der Waals surface area contributed by atoms with Gasteiger partial charge in [0.15, 0.2) is 0 Å². The first-order valence-electron chi connectivity index (χ1n) is 12.2. The zero-order valence-corrected chi connectivity index (χ0v) is 20.6. The molecule has 6 heteroatoms. The van der Waals surface area contributed by atoms with E-state index in [4.69, 9.17) is 4.74 Å². The highest BCUT2D eigenvalue weighted by molar-refractivity contribution is 5.94. The summed E-state index contributed by atoms with van der Waals surface area (Å²) in [6.07, 6.45) is 1.63. The van der Waals surface area contributed by atoms with Gasteiger partial charge in [-0.15, -0.1) is 0 Å². The van der Waals surface area contributed by atoms with Crippen LogP contribution in [0.15, 0.2) is 84.0 Å². The number of carbonyl (C=O) groups excluding carboxylic acids is 1. The van der Waals surface area contributed by atoms with Crippen molar-refractivity contribution in [2.45, 2.75) is 20.4 Å². The third-order valence-electron chi connectivity index (χ3n) is 5.96. The fraction of sp³-hybridized carbons (Fsp3) is 0.310. The molecule has 1 saturated heterocycles. The summed E-state index contributed by atoms with van der Waals surface area (Å²) < 4.78 is 5.68. The van der Waals surface area contributed by atoms with E-state index in [9.17, 15) is 4.79 Å². The highest BCUT2D eigenvalue weighted by Crippen LogP contribution is 2.17. The Morgan fingerprint density at radius 1 is 0.943 bits per heavy atom. The van der Waals surface area contributed by atoms with Crippen molar-refractivity contribution < 1.29 is 9.53 Å². The molecule has 0 aromatic heterocycles. The molecule has 0 bridgehead atoms. The van der Waals surface area contributed by atoms with Crippen molar-refractivity contribution in [3.05, 3.63) is 95.6 Å². The van der Waals surface area contributed by atoms with E-state index in [0.29, 0.717) is 18.1 Å². The standard InChI is InChI=1S/C29H34N4O2/c1-23(2)22-35-28-14-10-24(11-15-28)20-30-31-29(34)26-12-8-25(9-13-26)21-32-16-18-33(19-17-32)27-6-4-3-5-7-27/h3-15,20,23H,16-19,21-22H2,1-2H3,(H,31,34)/b30-20-. The number of hydrogen-bond acceptors (Lipinski definition) is 5. The van der Waals surface area contributed by atoms with Gasteiger partial charge in [0.1, 0.15) is 5.75 Å². The Morgan fingerprint density at radius 3 is 2.29 bits per heavy atom. The molecule has 4 rings (SSSR count). The third-order valence-corrected chi connectivity index (χ3v) is 5.96. The summed E-state index contributed by atoms with van der Waals surface area (Å²) in [4.78, 5) is 17.3. The van der Waals surface area contributed by atoms with Gasteiger partial charge >= 0.3 is 0 Å². The van der Waals surface area contributed by atoms with E-state index >= 15 is 0 Å². The van der Waals surface area contributed by atoms with E-state index in [-0.39, 0.29) is 5.91 Å². The van der Waals surface area contributed by atoms with Crippen LogP contribution in [-0.2, 0) is 6.54 Å². The molecule has 1 fully saturated rings. The minimum atomic E-state index is -0.221. The fourth-order valence-electron chi connectivity index (χ4n) is 3.97. The number of amides is 1. The topological polar surface area (TPSA) is 57.2 Å². The van der Waals surface area contributed by atoms with Crippen LogP contribution in [0.25, 0.3) is 0 Å². The number of benzene rings is 3. The molecular formula is C29H34N4O2. The zero-order valence-electron chi connectivity index (χ0n) is 20.6. The van der Waals surface area contributed by atoms with Gasteiger partial charge in [-0.25, -0.2) is 5.43 Å². The van der Waals surface area contributed by atoms with Crippen molar-refractivity contribution in [3.63, 3.8) is 0 Å². The van der Waals surface area contributed by atoms with Gasteiger partial charge in [-0.2, -0.15) is 5.10 Å². The van der Waals surface area contributed by atoms with Crippen LogP contribution in [-0.4, -0.2) is 49.8 Å². The maximum absolute atomic E-state index is 12.4. The molecular weight excluding hydrogens is 436 g/mol. The van der Waals surface area contributed by atoms with Crippen LogP contribution in [0.5, 0.6) is 5.75 Å². The second-order valence-corrected chi connectivity index (χ2v) is 9.27. The summed E-state index contributed by atoms with van der Waals surface area (Å²) in [5, 5.41) is 4.09. The molecule has 1 aliphatic heterocycles. The van der Waals surface area contributed by atoms with Gasteiger partial charge in [-0.3, -0.25) is 9.69 Å². The van der Waals surface area contributed by atoms with Crippen LogP contribution >= 0.6 is 0 Å². The van der Waals surface area contributed by atoms with Gasteiger partial charge in [0.05, 0.1) is 12.8 Å². The fourth-order valence-corrected chi connectivity index (χ4v) is 3.97. The quantitative estimate of drug-likeness (QED) is 0.360. The second-order valence-electron chi connectivity index (χ2n) is 9.27. The Hall–Kier alpha value is -3.64. The molecule has 1 amide bonds. The Labute approximate surface area is 208 Å². The molecule has 1 heterocycles. The van der Waals surface area contributed by atoms with Gasteiger partial charge in [-0.1, -0.05) is 44.2 Å². The van der Waals surface area contributed by atoms with Gasteiger partial charge in [0, 0.05) is 44.0 Å². The number of piperazine rings is 1. The van der Waals surface area contributed by atoms with Crippen LogP contribution < -0.4 is 15.1 Å². The van der Waals surface area contributed by atoms with E-state index in [1.54, 1.807) is 6.21 Å². The van der Waals surface area contributed by atoms with E-state index in [2.05, 4.69) is 64.5 Å². The van der Waals surface area contributed by atoms with Crippen molar-refractivity contribution in [1.82, 2.24) is 10.3 Å². The molecule has 0 radical (unpaired) electrons. The highest BCUT2D eigenvalue weighted by atomic mass is 16.5. The average Bonchev–Trinajstić information content (AvgIpc) is 2.89. The van der Waals surface area contributed by atoms with Crippen LogP contribution in [0.2, 0.25) is 0 Å². The van der Waals surface area contributed by atoms with Crippen molar-refractivity contribution in [1.29, 1.82) is 0 Å². The second kappa shape index (κ2) is 12.2. The number of carbonyl (C=O) groups is 1. The zero-order chi connectivity index (χ0) is 24.5. The predicted octanol–water partition coefficient (Wildman–Crippen LogP) is 4.81. The van der Waals surface area contributed by atoms with Crippen LogP contribution in [0.1, 0.15) is 35.3 Å². The van der Waals surface area contributed by atoms with E-state index in [1.165, 1.54) is 11.3 Å². The molecule has 35 heavy (non-hydrogen) atoms. The molecule has 0 spiro atoms. The Balaban J connectivity index is 1.22. The molecule has 0 aliphatic carbocycles. The first-order valence-corrected chi connectivity index (χ1v) is 12.2. The smallest absolute Gasteiger partial charge is 0.271 e.